The maximum Gasteiger partial charge on any atom is 0.146 e. The van der Waals surface area contributed by atoms with Crippen molar-refractivity contribution in [1.82, 2.24) is 4.98 Å². The number of nitrogens with zero attached hydrogens (tertiary/aromatic N) is 1. The molecule has 0 radical (unpaired) electrons. The van der Waals surface area contributed by atoms with Crippen molar-refractivity contribution in [2.75, 3.05) is 0 Å². The molecule has 0 spiro atoms. The summed E-state index contributed by atoms with van der Waals surface area (Å²) < 4.78 is 20.1. The van der Waals surface area contributed by atoms with Crippen LogP contribution in [-0.4, -0.2) is 4.98 Å². The van der Waals surface area contributed by atoms with Crippen molar-refractivity contribution >= 4 is 33.0 Å². The van der Waals surface area contributed by atoms with Crippen LogP contribution < -0.4 is 4.74 Å². The fourth-order valence-corrected chi connectivity index (χ4v) is 3.62. The number of hydrogen-bond acceptors (Lipinski definition) is 3. The Hall–Kier alpha value is -1.65. The van der Waals surface area contributed by atoms with Gasteiger partial charge in [-0.1, -0.05) is 23.7 Å². The predicted octanol–water partition coefficient (Wildman–Crippen LogP) is 4.65. The largest absolute Gasteiger partial charge is 0.486 e. The van der Waals surface area contributed by atoms with E-state index in [1.54, 1.807) is 18.2 Å². The minimum absolute atomic E-state index is 0.208. The molecule has 1 aliphatic rings. The van der Waals surface area contributed by atoms with Gasteiger partial charge in [-0.3, -0.25) is 0 Å². The highest BCUT2D eigenvalue weighted by atomic mass is 35.5. The van der Waals surface area contributed by atoms with Crippen LogP contribution in [0.1, 0.15) is 4.88 Å². The van der Waals surface area contributed by atoms with Gasteiger partial charge in [-0.2, -0.15) is 0 Å². The van der Waals surface area contributed by atoms with Crippen molar-refractivity contribution < 1.29 is 9.13 Å². The molecule has 1 aromatic carbocycles. The summed E-state index contributed by atoms with van der Waals surface area (Å²) in [6.45, 7) is 0.449. The molecule has 0 N–H and O–H groups in total. The molecular formula is C14H7ClFNOS. The van der Waals surface area contributed by atoms with Gasteiger partial charge >= 0.3 is 0 Å². The first kappa shape index (κ1) is 11.2. The number of rotatable bonds is 0. The lowest BCUT2D eigenvalue weighted by Crippen LogP contribution is -2.04. The Bertz CT molecular complexity index is 815. The molecule has 0 saturated heterocycles. The third kappa shape index (κ3) is 1.57. The van der Waals surface area contributed by atoms with E-state index in [0.29, 0.717) is 27.9 Å². The SMILES string of the molecule is Fc1cccc2c3c(sc12)COc1ccc(Cl)nc1-3. The van der Waals surface area contributed by atoms with Crippen LogP contribution in [0.15, 0.2) is 30.3 Å². The fraction of sp³-hybridized carbons (Fsp3) is 0.0714. The zero-order valence-electron chi connectivity index (χ0n) is 9.61. The summed E-state index contributed by atoms with van der Waals surface area (Å²) in [5.74, 6) is 0.487. The summed E-state index contributed by atoms with van der Waals surface area (Å²) in [4.78, 5) is 5.32. The Labute approximate surface area is 117 Å². The molecule has 1 aliphatic heterocycles. The van der Waals surface area contributed by atoms with Crippen molar-refractivity contribution in [2.24, 2.45) is 0 Å². The second kappa shape index (κ2) is 3.92. The highest BCUT2D eigenvalue weighted by Gasteiger charge is 2.24. The van der Waals surface area contributed by atoms with Crippen LogP contribution in [0, 0.1) is 5.82 Å². The molecular weight excluding hydrogens is 285 g/mol. The lowest BCUT2D eigenvalue weighted by atomic mass is 10.0. The zero-order chi connectivity index (χ0) is 13.0. The molecule has 3 heterocycles. The molecule has 0 amide bonds. The van der Waals surface area contributed by atoms with E-state index in [0.717, 1.165) is 15.8 Å². The maximum absolute atomic E-state index is 13.9. The molecule has 0 fully saturated rings. The Kier molecular flexibility index (Phi) is 2.31. The van der Waals surface area contributed by atoms with E-state index in [1.165, 1.54) is 17.4 Å². The standard InChI is InChI=1S/C14H7ClFNOS/c15-11-5-4-9-13(17-11)12-7-2-1-3-8(16)14(7)19-10(12)6-18-9/h1-5H,6H2. The molecule has 3 aromatic rings. The molecule has 5 heteroatoms. The van der Waals surface area contributed by atoms with Crippen molar-refractivity contribution in [1.29, 1.82) is 0 Å². The lowest BCUT2D eigenvalue weighted by Gasteiger charge is -2.16. The topological polar surface area (TPSA) is 22.1 Å². The number of hydrogen-bond donors (Lipinski definition) is 0. The van der Waals surface area contributed by atoms with Gasteiger partial charge in [-0.05, 0) is 18.2 Å². The van der Waals surface area contributed by atoms with Gasteiger partial charge in [-0.15, -0.1) is 11.3 Å². The van der Waals surface area contributed by atoms with Crippen LogP contribution in [0.4, 0.5) is 4.39 Å². The first-order valence-corrected chi connectivity index (χ1v) is 6.93. The average Bonchev–Trinajstić information content (AvgIpc) is 2.79. The summed E-state index contributed by atoms with van der Waals surface area (Å²) >= 11 is 7.37. The van der Waals surface area contributed by atoms with E-state index < -0.39 is 0 Å². The number of benzene rings is 1. The summed E-state index contributed by atoms with van der Waals surface area (Å²) in [5.41, 5.74) is 1.65. The predicted molar refractivity (Wildman–Crippen MR) is 74.4 cm³/mol. The third-order valence-corrected chi connectivity index (χ3v) is 4.56. The second-order valence-corrected chi connectivity index (χ2v) is 5.78. The summed E-state index contributed by atoms with van der Waals surface area (Å²) in [5, 5.41) is 1.28. The number of aromatic nitrogens is 1. The van der Waals surface area contributed by atoms with E-state index in [1.807, 2.05) is 6.07 Å². The minimum atomic E-state index is -0.208. The highest BCUT2D eigenvalue weighted by molar-refractivity contribution is 7.19. The van der Waals surface area contributed by atoms with Gasteiger partial charge in [-0.25, -0.2) is 9.37 Å². The lowest BCUT2D eigenvalue weighted by molar-refractivity contribution is 0.305. The smallest absolute Gasteiger partial charge is 0.146 e. The summed E-state index contributed by atoms with van der Waals surface area (Å²) in [7, 11) is 0. The van der Waals surface area contributed by atoms with Gasteiger partial charge in [0.05, 0.1) is 9.58 Å². The van der Waals surface area contributed by atoms with Crippen LogP contribution in [0.3, 0.4) is 0 Å². The monoisotopic (exact) mass is 291 g/mol. The van der Waals surface area contributed by atoms with Crippen LogP contribution in [0.25, 0.3) is 21.3 Å². The Morgan fingerprint density at radius 3 is 3.05 bits per heavy atom. The number of halogens is 2. The normalized spacial score (nSPS) is 12.9. The second-order valence-electron chi connectivity index (χ2n) is 4.29. The Morgan fingerprint density at radius 2 is 2.16 bits per heavy atom. The molecule has 0 atom stereocenters. The molecule has 19 heavy (non-hydrogen) atoms. The van der Waals surface area contributed by atoms with E-state index >= 15 is 0 Å². The molecule has 2 aromatic heterocycles. The first-order chi connectivity index (χ1) is 9.24. The zero-order valence-corrected chi connectivity index (χ0v) is 11.2. The molecule has 2 nitrogen and oxygen atoms in total. The van der Waals surface area contributed by atoms with E-state index in [2.05, 4.69) is 4.98 Å². The van der Waals surface area contributed by atoms with Gasteiger partial charge in [0.15, 0.2) is 0 Å². The third-order valence-electron chi connectivity index (χ3n) is 3.16. The van der Waals surface area contributed by atoms with Crippen molar-refractivity contribution in [2.45, 2.75) is 6.61 Å². The van der Waals surface area contributed by atoms with Crippen molar-refractivity contribution in [3.63, 3.8) is 0 Å². The quantitative estimate of drug-likeness (QED) is 0.563. The highest BCUT2D eigenvalue weighted by Crippen LogP contribution is 2.45. The van der Waals surface area contributed by atoms with Gasteiger partial charge in [0.2, 0.25) is 0 Å². The number of pyridine rings is 1. The van der Waals surface area contributed by atoms with Gasteiger partial charge in [0.25, 0.3) is 0 Å². The van der Waals surface area contributed by atoms with Crippen LogP contribution in [0.2, 0.25) is 5.15 Å². The molecule has 0 unspecified atom stereocenters. The Balaban J connectivity index is 2.13. The molecule has 4 rings (SSSR count). The molecule has 94 valence electrons. The Morgan fingerprint density at radius 1 is 1.26 bits per heavy atom. The number of thiophene rings is 1. The van der Waals surface area contributed by atoms with Gasteiger partial charge in [0.1, 0.15) is 29.0 Å². The van der Waals surface area contributed by atoms with Crippen molar-refractivity contribution in [3.05, 3.63) is 46.2 Å². The molecule has 0 aliphatic carbocycles. The number of ether oxygens (including phenoxy) is 1. The van der Waals surface area contributed by atoms with Gasteiger partial charge < -0.3 is 4.74 Å². The molecule has 0 bridgehead atoms. The maximum atomic E-state index is 13.9. The van der Waals surface area contributed by atoms with Crippen LogP contribution >= 0.6 is 22.9 Å². The first-order valence-electron chi connectivity index (χ1n) is 5.73. The van der Waals surface area contributed by atoms with E-state index in [-0.39, 0.29) is 5.82 Å². The van der Waals surface area contributed by atoms with Crippen molar-refractivity contribution in [3.8, 4) is 17.0 Å². The van der Waals surface area contributed by atoms with Gasteiger partial charge in [0, 0.05) is 10.9 Å². The average molecular weight is 292 g/mol. The fourth-order valence-electron chi connectivity index (χ4n) is 2.36. The number of fused-ring (bicyclic) bond motifs is 5. The summed E-state index contributed by atoms with van der Waals surface area (Å²) in [6, 6.07) is 8.59. The van der Waals surface area contributed by atoms with Crippen LogP contribution in [-0.2, 0) is 6.61 Å². The minimum Gasteiger partial charge on any atom is -0.486 e. The van der Waals surface area contributed by atoms with E-state index in [4.69, 9.17) is 16.3 Å². The molecule has 0 saturated carbocycles. The van der Waals surface area contributed by atoms with E-state index in [9.17, 15) is 4.39 Å². The van der Waals surface area contributed by atoms with Crippen LogP contribution in [0.5, 0.6) is 5.75 Å². The summed E-state index contributed by atoms with van der Waals surface area (Å²) in [6.07, 6.45) is 0.